The lowest BCUT2D eigenvalue weighted by atomic mass is 10.2. The largest absolute Gasteiger partial charge is 0.396 e. The van der Waals surface area contributed by atoms with Gasteiger partial charge in [-0.25, -0.2) is 8.42 Å². The standard InChI is InChI=1S/C12H17ClO3S/c13-12-6-4-11(5-7-12)10-17(15,16)9-3-1-2-8-14/h4-7,14H,1-3,8-10H2. The number of sulfone groups is 1. The average Bonchev–Trinajstić information content (AvgIpc) is 2.27. The molecule has 0 atom stereocenters. The summed E-state index contributed by atoms with van der Waals surface area (Å²) in [6.45, 7) is 0.122. The summed E-state index contributed by atoms with van der Waals surface area (Å²) in [6.07, 6.45) is 2.02. The van der Waals surface area contributed by atoms with E-state index < -0.39 is 9.84 Å². The molecule has 1 aromatic rings. The first-order chi connectivity index (χ1) is 8.03. The molecule has 0 aromatic heterocycles. The molecule has 5 heteroatoms. The van der Waals surface area contributed by atoms with E-state index in [2.05, 4.69) is 0 Å². The SMILES string of the molecule is O=S(=O)(CCCCCO)Cc1ccc(Cl)cc1. The molecule has 0 bridgehead atoms. The van der Waals surface area contributed by atoms with Crippen LogP contribution in [-0.2, 0) is 15.6 Å². The van der Waals surface area contributed by atoms with Crippen molar-refractivity contribution >= 4 is 21.4 Å². The summed E-state index contributed by atoms with van der Waals surface area (Å²) in [5.74, 6) is 0.235. The van der Waals surface area contributed by atoms with Crippen molar-refractivity contribution in [1.82, 2.24) is 0 Å². The Bertz CT molecular complexity index is 426. The van der Waals surface area contributed by atoms with Crippen LogP contribution in [0.1, 0.15) is 24.8 Å². The zero-order chi connectivity index (χ0) is 12.7. The average molecular weight is 277 g/mol. The van der Waals surface area contributed by atoms with Gasteiger partial charge in [0.15, 0.2) is 9.84 Å². The van der Waals surface area contributed by atoms with Crippen LogP contribution in [0.3, 0.4) is 0 Å². The zero-order valence-electron chi connectivity index (χ0n) is 9.60. The number of aliphatic hydroxyl groups excluding tert-OH is 1. The predicted octanol–water partition coefficient (Wildman–Crippen LogP) is 2.42. The molecular formula is C12H17ClO3S. The number of benzene rings is 1. The third kappa shape index (κ3) is 6.05. The molecule has 1 rings (SSSR count). The molecule has 0 radical (unpaired) electrons. The Morgan fingerprint density at radius 2 is 1.71 bits per heavy atom. The molecule has 0 aliphatic heterocycles. The highest BCUT2D eigenvalue weighted by molar-refractivity contribution is 7.90. The Morgan fingerprint density at radius 1 is 1.06 bits per heavy atom. The van der Waals surface area contributed by atoms with Crippen molar-refractivity contribution in [3.05, 3.63) is 34.9 Å². The van der Waals surface area contributed by atoms with Gasteiger partial charge in [0.05, 0.1) is 11.5 Å². The number of aliphatic hydroxyl groups is 1. The van der Waals surface area contributed by atoms with Crippen LogP contribution in [0.4, 0.5) is 0 Å². The first-order valence-corrected chi connectivity index (χ1v) is 7.79. The van der Waals surface area contributed by atoms with Crippen LogP contribution in [0.15, 0.2) is 24.3 Å². The van der Waals surface area contributed by atoms with Crippen molar-refractivity contribution in [2.24, 2.45) is 0 Å². The van der Waals surface area contributed by atoms with Crippen LogP contribution in [0.25, 0.3) is 0 Å². The van der Waals surface area contributed by atoms with Gasteiger partial charge in [-0.2, -0.15) is 0 Å². The topological polar surface area (TPSA) is 54.4 Å². The van der Waals surface area contributed by atoms with Gasteiger partial charge in [0, 0.05) is 11.6 Å². The lowest BCUT2D eigenvalue weighted by Crippen LogP contribution is -2.09. The predicted molar refractivity (Wildman–Crippen MR) is 69.9 cm³/mol. The van der Waals surface area contributed by atoms with E-state index in [1.165, 1.54) is 0 Å². The van der Waals surface area contributed by atoms with Gasteiger partial charge in [-0.15, -0.1) is 0 Å². The second-order valence-corrected chi connectivity index (χ2v) is 6.62. The molecule has 1 aromatic carbocycles. The molecule has 0 aliphatic rings. The summed E-state index contributed by atoms with van der Waals surface area (Å²) < 4.78 is 23.5. The van der Waals surface area contributed by atoms with Gasteiger partial charge in [0.1, 0.15) is 0 Å². The quantitative estimate of drug-likeness (QED) is 0.778. The van der Waals surface area contributed by atoms with Crippen LogP contribution in [0, 0.1) is 0 Å². The van der Waals surface area contributed by atoms with Crippen LogP contribution >= 0.6 is 11.6 Å². The van der Waals surface area contributed by atoms with E-state index in [-0.39, 0.29) is 18.1 Å². The molecule has 96 valence electrons. The molecule has 0 aliphatic carbocycles. The van der Waals surface area contributed by atoms with E-state index >= 15 is 0 Å². The molecule has 17 heavy (non-hydrogen) atoms. The number of hydrogen-bond acceptors (Lipinski definition) is 3. The third-order valence-corrected chi connectivity index (χ3v) is 4.35. The first kappa shape index (κ1) is 14.5. The summed E-state index contributed by atoms with van der Waals surface area (Å²) in [5, 5.41) is 9.20. The Morgan fingerprint density at radius 3 is 2.29 bits per heavy atom. The van der Waals surface area contributed by atoms with E-state index in [1.807, 2.05) is 0 Å². The second-order valence-electron chi connectivity index (χ2n) is 4.00. The van der Waals surface area contributed by atoms with Gasteiger partial charge in [-0.05, 0) is 30.5 Å². The van der Waals surface area contributed by atoms with E-state index in [0.29, 0.717) is 17.9 Å². The van der Waals surface area contributed by atoms with Crippen molar-refractivity contribution in [1.29, 1.82) is 0 Å². The highest BCUT2D eigenvalue weighted by Gasteiger charge is 2.11. The van der Waals surface area contributed by atoms with Gasteiger partial charge >= 0.3 is 0 Å². The molecule has 0 unspecified atom stereocenters. The molecule has 0 spiro atoms. The fraction of sp³-hybridized carbons (Fsp3) is 0.500. The lowest BCUT2D eigenvalue weighted by molar-refractivity contribution is 0.284. The van der Waals surface area contributed by atoms with Gasteiger partial charge < -0.3 is 5.11 Å². The normalized spacial score (nSPS) is 11.6. The lowest BCUT2D eigenvalue weighted by Gasteiger charge is -2.04. The Balaban J connectivity index is 2.46. The van der Waals surface area contributed by atoms with Crippen LogP contribution in [0.2, 0.25) is 5.02 Å². The number of hydrogen-bond donors (Lipinski definition) is 1. The van der Waals surface area contributed by atoms with Gasteiger partial charge in [0.2, 0.25) is 0 Å². The van der Waals surface area contributed by atoms with Crippen molar-refractivity contribution in [3.63, 3.8) is 0 Å². The summed E-state index contributed by atoms with van der Waals surface area (Å²) in [6, 6.07) is 6.84. The molecule has 0 fully saturated rings. The highest BCUT2D eigenvalue weighted by Crippen LogP contribution is 2.13. The minimum Gasteiger partial charge on any atom is -0.396 e. The minimum atomic E-state index is -3.05. The Kier molecular flexibility index (Phi) is 5.95. The Labute approximate surface area is 107 Å². The number of unbranched alkanes of at least 4 members (excludes halogenated alkanes) is 2. The number of halogens is 1. The molecule has 0 saturated carbocycles. The molecular weight excluding hydrogens is 260 g/mol. The van der Waals surface area contributed by atoms with E-state index in [1.54, 1.807) is 24.3 Å². The smallest absolute Gasteiger partial charge is 0.154 e. The maximum Gasteiger partial charge on any atom is 0.154 e. The maximum absolute atomic E-state index is 11.8. The Hall–Kier alpha value is -0.580. The van der Waals surface area contributed by atoms with Crippen molar-refractivity contribution in [2.75, 3.05) is 12.4 Å². The summed E-state index contributed by atoms with van der Waals surface area (Å²) in [5.41, 5.74) is 0.761. The fourth-order valence-corrected chi connectivity index (χ4v) is 3.13. The summed E-state index contributed by atoms with van der Waals surface area (Å²) in [7, 11) is -3.05. The zero-order valence-corrected chi connectivity index (χ0v) is 11.2. The monoisotopic (exact) mass is 276 g/mol. The number of rotatable bonds is 7. The van der Waals surface area contributed by atoms with Crippen LogP contribution < -0.4 is 0 Å². The van der Waals surface area contributed by atoms with Gasteiger partial charge in [0.25, 0.3) is 0 Å². The molecule has 1 N–H and O–H groups in total. The van der Waals surface area contributed by atoms with E-state index in [0.717, 1.165) is 12.0 Å². The van der Waals surface area contributed by atoms with Crippen molar-refractivity contribution in [2.45, 2.75) is 25.0 Å². The van der Waals surface area contributed by atoms with Crippen molar-refractivity contribution in [3.8, 4) is 0 Å². The van der Waals surface area contributed by atoms with Gasteiger partial charge in [-0.1, -0.05) is 30.2 Å². The molecule has 0 saturated heterocycles. The molecule has 0 heterocycles. The minimum absolute atomic E-state index is 0.0588. The van der Waals surface area contributed by atoms with Gasteiger partial charge in [-0.3, -0.25) is 0 Å². The second kappa shape index (κ2) is 6.99. The third-order valence-electron chi connectivity index (χ3n) is 2.41. The molecule has 0 amide bonds. The van der Waals surface area contributed by atoms with E-state index in [4.69, 9.17) is 16.7 Å². The van der Waals surface area contributed by atoms with E-state index in [9.17, 15) is 8.42 Å². The highest BCUT2D eigenvalue weighted by atomic mass is 35.5. The molecule has 3 nitrogen and oxygen atoms in total. The van der Waals surface area contributed by atoms with Crippen molar-refractivity contribution < 1.29 is 13.5 Å². The fourth-order valence-electron chi connectivity index (χ4n) is 1.52. The van der Waals surface area contributed by atoms with Crippen LogP contribution in [0.5, 0.6) is 0 Å². The maximum atomic E-state index is 11.8. The first-order valence-electron chi connectivity index (χ1n) is 5.59. The summed E-state index contributed by atoms with van der Waals surface area (Å²) in [4.78, 5) is 0. The van der Waals surface area contributed by atoms with Crippen LogP contribution in [-0.4, -0.2) is 25.9 Å². The summed E-state index contributed by atoms with van der Waals surface area (Å²) >= 11 is 5.73.